The highest BCUT2D eigenvalue weighted by molar-refractivity contribution is 5.45. The molecular weight excluding hydrogens is 268 g/mol. The number of anilines is 1. The quantitative estimate of drug-likeness (QED) is 0.853. The second kappa shape index (κ2) is 6.51. The molecule has 1 fully saturated rings. The van der Waals surface area contributed by atoms with Crippen molar-refractivity contribution in [3.05, 3.63) is 59.4 Å². The molecule has 1 N–H and O–H groups in total. The molecule has 1 aliphatic rings. The van der Waals surface area contributed by atoms with E-state index in [-0.39, 0.29) is 0 Å². The molecule has 2 nitrogen and oxygen atoms in total. The Labute approximate surface area is 134 Å². The van der Waals surface area contributed by atoms with Crippen LogP contribution in [0.3, 0.4) is 0 Å². The van der Waals surface area contributed by atoms with Crippen molar-refractivity contribution < 1.29 is 0 Å². The number of rotatable bonds is 3. The topological polar surface area (TPSA) is 24.9 Å². The van der Waals surface area contributed by atoms with E-state index < -0.39 is 0 Å². The number of pyridine rings is 1. The minimum atomic E-state index is 0.540. The molecule has 2 heteroatoms. The summed E-state index contributed by atoms with van der Waals surface area (Å²) in [6.45, 7) is 6.57. The molecule has 1 aliphatic carbocycles. The Kier molecular flexibility index (Phi) is 4.47. The van der Waals surface area contributed by atoms with Crippen LogP contribution in [0.25, 0.3) is 0 Å². The molecule has 22 heavy (non-hydrogen) atoms. The van der Waals surface area contributed by atoms with Crippen LogP contribution in [-0.2, 0) is 0 Å². The molecule has 0 aliphatic heterocycles. The first kappa shape index (κ1) is 15.1. The van der Waals surface area contributed by atoms with Gasteiger partial charge in [-0.3, -0.25) is 4.98 Å². The van der Waals surface area contributed by atoms with Gasteiger partial charge in [-0.1, -0.05) is 37.3 Å². The van der Waals surface area contributed by atoms with E-state index in [1.165, 1.54) is 30.4 Å². The lowest BCUT2D eigenvalue weighted by Crippen LogP contribution is -2.30. The van der Waals surface area contributed by atoms with Gasteiger partial charge in [0.05, 0.1) is 11.9 Å². The SMILES string of the molecule is Cc1cc(NC2CC(C)CC(c3ccccc3)C2)cnc1C. The summed E-state index contributed by atoms with van der Waals surface area (Å²) < 4.78 is 0. The predicted molar refractivity (Wildman–Crippen MR) is 93.3 cm³/mol. The largest absolute Gasteiger partial charge is 0.381 e. The molecule has 3 atom stereocenters. The first-order chi connectivity index (χ1) is 10.6. The van der Waals surface area contributed by atoms with Crippen molar-refractivity contribution in [2.24, 2.45) is 5.92 Å². The van der Waals surface area contributed by atoms with Gasteiger partial charge in [0, 0.05) is 11.7 Å². The minimum Gasteiger partial charge on any atom is -0.381 e. The molecule has 0 radical (unpaired) electrons. The molecule has 0 saturated heterocycles. The van der Waals surface area contributed by atoms with Gasteiger partial charge in [-0.05, 0) is 62.1 Å². The van der Waals surface area contributed by atoms with E-state index in [4.69, 9.17) is 0 Å². The van der Waals surface area contributed by atoms with E-state index >= 15 is 0 Å². The van der Waals surface area contributed by atoms with Gasteiger partial charge in [0.2, 0.25) is 0 Å². The van der Waals surface area contributed by atoms with Crippen LogP contribution in [0.5, 0.6) is 0 Å². The van der Waals surface area contributed by atoms with Crippen LogP contribution in [0.4, 0.5) is 5.69 Å². The monoisotopic (exact) mass is 294 g/mol. The lowest BCUT2D eigenvalue weighted by Gasteiger charge is -2.34. The van der Waals surface area contributed by atoms with Gasteiger partial charge in [0.1, 0.15) is 0 Å². The molecular formula is C20H26N2. The Morgan fingerprint density at radius 2 is 1.82 bits per heavy atom. The number of benzene rings is 1. The lowest BCUT2D eigenvalue weighted by atomic mass is 9.76. The van der Waals surface area contributed by atoms with Crippen LogP contribution in [0, 0.1) is 19.8 Å². The molecule has 1 heterocycles. The maximum absolute atomic E-state index is 4.48. The molecule has 1 saturated carbocycles. The molecule has 3 rings (SSSR count). The van der Waals surface area contributed by atoms with Crippen LogP contribution in [0.1, 0.15) is 48.9 Å². The first-order valence-electron chi connectivity index (χ1n) is 8.36. The smallest absolute Gasteiger partial charge is 0.0531 e. The number of aryl methyl sites for hydroxylation is 2. The van der Waals surface area contributed by atoms with E-state index in [0.717, 1.165) is 17.3 Å². The summed E-state index contributed by atoms with van der Waals surface area (Å²) in [6, 6.07) is 13.7. The van der Waals surface area contributed by atoms with Crippen molar-refractivity contribution in [1.29, 1.82) is 0 Å². The van der Waals surface area contributed by atoms with Crippen molar-refractivity contribution in [1.82, 2.24) is 4.98 Å². The van der Waals surface area contributed by atoms with Crippen LogP contribution in [0.15, 0.2) is 42.6 Å². The predicted octanol–water partition coefficient (Wildman–Crippen LogP) is 5.08. The molecule has 0 bridgehead atoms. The third-order valence-corrected chi connectivity index (χ3v) is 4.92. The number of hydrogen-bond acceptors (Lipinski definition) is 2. The second-order valence-electron chi connectivity index (χ2n) is 6.89. The fraction of sp³-hybridized carbons (Fsp3) is 0.450. The second-order valence-corrected chi connectivity index (χ2v) is 6.89. The van der Waals surface area contributed by atoms with Gasteiger partial charge in [0.15, 0.2) is 0 Å². The van der Waals surface area contributed by atoms with Gasteiger partial charge in [-0.25, -0.2) is 0 Å². The highest BCUT2D eigenvalue weighted by Crippen LogP contribution is 2.37. The number of nitrogens with one attached hydrogen (secondary N) is 1. The van der Waals surface area contributed by atoms with E-state index in [2.05, 4.69) is 67.5 Å². The molecule has 0 amide bonds. The van der Waals surface area contributed by atoms with Crippen molar-refractivity contribution in [2.75, 3.05) is 5.32 Å². The molecule has 3 unspecified atom stereocenters. The van der Waals surface area contributed by atoms with E-state index in [1.54, 1.807) is 0 Å². The summed E-state index contributed by atoms with van der Waals surface area (Å²) >= 11 is 0. The number of nitrogens with zero attached hydrogens (tertiary/aromatic N) is 1. The van der Waals surface area contributed by atoms with Crippen LogP contribution in [-0.4, -0.2) is 11.0 Å². The van der Waals surface area contributed by atoms with E-state index in [9.17, 15) is 0 Å². The third kappa shape index (κ3) is 3.49. The summed E-state index contributed by atoms with van der Waals surface area (Å²) in [7, 11) is 0. The van der Waals surface area contributed by atoms with Crippen molar-refractivity contribution >= 4 is 5.69 Å². The van der Waals surface area contributed by atoms with Crippen LogP contribution in [0.2, 0.25) is 0 Å². The third-order valence-electron chi connectivity index (χ3n) is 4.92. The van der Waals surface area contributed by atoms with Gasteiger partial charge >= 0.3 is 0 Å². The zero-order valence-electron chi connectivity index (χ0n) is 13.8. The average Bonchev–Trinajstić information content (AvgIpc) is 2.51. The normalized spacial score (nSPS) is 25.0. The van der Waals surface area contributed by atoms with Crippen LogP contribution >= 0.6 is 0 Å². The zero-order valence-corrected chi connectivity index (χ0v) is 13.8. The van der Waals surface area contributed by atoms with Crippen molar-refractivity contribution in [3.8, 4) is 0 Å². The molecule has 0 spiro atoms. The Bertz CT molecular complexity index is 621. The molecule has 2 aromatic rings. The highest BCUT2D eigenvalue weighted by atomic mass is 14.9. The van der Waals surface area contributed by atoms with E-state index in [0.29, 0.717) is 12.0 Å². The first-order valence-corrected chi connectivity index (χ1v) is 8.36. The Hall–Kier alpha value is -1.83. The zero-order chi connectivity index (χ0) is 15.5. The summed E-state index contributed by atoms with van der Waals surface area (Å²) in [5.74, 6) is 1.43. The summed E-state index contributed by atoms with van der Waals surface area (Å²) in [5, 5.41) is 3.72. The maximum Gasteiger partial charge on any atom is 0.0531 e. The summed E-state index contributed by atoms with van der Waals surface area (Å²) in [5.41, 5.74) is 5.02. The molecule has 116 valence electrons. The fourth-order valence-corrected chi connectivity index (χ4v) is 3.68. The summed E-state index contributed by atoms with van der Waals surface area (Å²) in [4.78, 5) is 4.48. The van der Waals surface area contributed by atoms with Crippen molar-refractivity contribution in [2.45, 2.75) is 52.0 Å². The maximum atomic E-state index is 4.48. The van der Waals surface area contributed by atoms with Crippen molar-refractivity contribution in [3.63, 3.8) is 0 Å². The lowest BCUT2D eigenvalue weighted by molar-refractivity contribution is 0.321. The van der Waals surface area contributed by atoms with E-state index in [1.807, 2.05) is 6.20 Å². The fourth-order valence-electron chi connectivity index (χ4n) is 3.68. The van der Waals surface area contributed by atoms with Gasteiger partial charge in [-0.2, -0.15) is 0 Å². The van der Waals surface area contributed by atoms with Gasteiger partial charge < -0.3 is 5.32 Å². The Morgan fingerprint density at radius 1 is 1.05 bits per heavy atom. The Balaban J connectivity index is 1.72. The molecule has 1 aromatic carbocycles. The van der Waals surface area contributed by atoms with Gasteiger partial charge in [-0.15, -0.1) is 0 Å². The number of hydrogen-bond donors (Lipinski definition) is 1. The van der Waals surface area contributed by atoms with Gasteiger partial charge in [0.25, 0.3) is 0 Å². The standard InChI is InChI=1S/C20H26N2/c1-14-9-18(17-7-5-4-6-8-17)12-19(10-14)22-20-11-15(2)16(3)21-13-20/h4-8,11,13-14,18-19,22H,9-10,12H2,1-3H3. The number of aromatic nitrogens is 1. The Morgan fingerprint density at radius 3 is 2.55 bits per heavy atom. The molecule has 1 aromatic heterocycles. The summed E-state index contributed by atoms with van der Waals surface area (Å²) in [6.07, 6.45) is 5.73. The minimum absolute atomic E-state index is 0.540. The average molecular weight is 294 g/mol. The van der Waals surface area contributed by atoms with Crippen LogP contribution < -0.4 is 5.32 Å². The highest BCUT2D eigenvalue weighted by Gasteiger charge is 2.27.